The molecule has 71 heavy (non-hydrogen) atoms. The van der Waals surface area contributed by atoms with Crippen LogP contribution in [0.4, 0.5) is 0 Å². The summed E-state index contributed by atoms with van der Waals surface area (Å²) in [6.07, 6.45) is -0.247. The standard InChI is InChI=1S/C66H53IN4/c67-60-56(65-68-61(44-22-5-1-6-23-44)63(46-26-9-3-10-27-46)70(65)42-58-52-34-17-13-30-48(52)40-49-31-14-18-35-53(49)58)38-21-39-57(60)66-69-62(45-24-7-2-8-25-45)64(47-28-11-4-12-29-47)71(66)43-59-54-36-19-15-32-50(54)41-51-33-16-20-37-55(51)59/h1-41,61-66,68-69H,42-43H2/t61-,62-,63-,64-,65+,66+/m1/s1. The SMILES string of the molecule is Ic1c([C@H]2N[C@H](c3ccccc3)[C@@H](c3ccccc3)N2Cc2c3ccccc3cc3ccccc23)cccc1[C@H]1N[C@H](c2ccccc2)[C@@H](c2ccccc2)N1Cc1c2ccccc2cc2ccccc12. The molecule has 0 unspecified atom stereocenters. The van der Waals surface area contributed by atoms with Crippen LogP contribution in [0.2, 0.25) is 0 Å². The second kappa shape index (κ2) is 19.0. The van der Waals surface area contributed by atoms with Crippen molar-refractivity contribution in [2.45, 2.75) is 49.6 Å². The Bertz CT molecular complexity index is 3330. The Labute approximate surface area is 429 Å². The Kier molecular flexibility index (Phi) is 11.8. The van der Waals surface area contributed by atoms with E-state index in [2.05, 4.69) is 292 Å². The summed E-state index contributed by atoms with van der Waals surface area (Å²) in [5.41, 5.74) is 10.4. The summed E-state index contributed by atoms with van der Waals surface area (Å²) >= 11 is 2.71. The highest BCUT2D eigenvalue weighted by Crippen LogP contribution is 2.52. The largest absolute Gasteiger partial charge is 0.289 e. The van der Waals surface area contributed by atoms with Crippen molar-refractivity contribution >= 4 is 65.7 Å². The molecule has 2 fully saturated rings. The lowest BCUT2D eigenvalue weighted by Gasteiger charge is -2.34. The average Bonchev–Trinajstić information content (AvgIpc) is 4.00. The quantitative estimate of drug-likeness (QED) is 0.106. The zero-order valence-corrected chi connectivity index (χ0v) is 41.5. The molecule has 0 amide bonds. The van der Waals surface area contributed by atoms with Crippen molar-refractivity contribution in [2.75, 3.05) is 0 Å². The molecular formula is C66H53IN4. The van der Waals surface area contributed by atoms with Crippen molar-refractivity contribution in [2.24, 2.45) is 0 Å². The van der Waals surface area contributed by atoms with Crippen molar-refractivity contribution in [1.82, 2.24) is 20.4 Å². The van der Waals surface area contributed by atoms with E-state index in [1.165, 1.54) is 91.2 Å². The Morgan fingerprint density at radius 2 is 0.620 bits per heavy atom. The van der Waals surface area contributed by atoms with Gasteiger partial charge >= 0.3 is 0 Å². The maximum Gasteiger partial charge on any atom is 0.0885 e. The van der Waals surface area contributed by atoms with Gasteiger partial charge in [0, 0.05) is 16.7 Å². The van der Waals surface area contributed by atoms with Crippen LogP contribution < -0.4 is 10.6 Å². The summed E-state index contributed by atoms with van der Waals surface area (Å²) < 4.78 is 1.27. The van der Waals surface area contributed by atoms with Crippen molar-refractivity contribution in [3.05, 3.63) is 297 Å². The van der Waals surface area contributed by atoms with Crippen LogP contribution >= 0.6 is 22.6 Å². The molecule has 6 atom stereocenters. The number of halogens is 1. The molecule has 13 rings (SSSR count). The van der Waals surface area contributed by atoms with Crippen molar-refractivity contribution in [1.29, 1.82) is 0 Å². The zero-order valence-electron chi connectivity index (χ0n) is 39.3. The highest BCUT2D eigenvalue weighted by atomic mass is 127. The van der Waals surface area contributed by atoms with Gasteiger partial charge in [-0.15, -0.1) is 0 Å². The number of nitrogens with zero attached hydrogens (tertiary/aromatic N) is 2. The zero-order chi connectivity index (χ0) is 47.3. The summed E-state index contributed by atoms with van der Waals surface area (Å²) in [6, 6.07) is 92.3. The molecule has 2 N–H and O–H groups in total. The second-order valence-corrected chi connectivity index (χ2v) is 20.4. The molecule has 2 aliphatic heterocycles. The van der Waals surface area contributed by atoms with Crippen molar-refractivity contribution < 1.29 is 0 Å². The minimum Gasteiger partial charge on any atom is -0.289 e. The van der Waals surface area contributed by atoms with E-state index in [0.29, 0.717) is 0 Å². The fraction of sp³-hybridized carbons (Fsp3) is 0.121. The van der Waals surface area contributed by atoms with E-state index in [1.807, 2.05) is 0 Å². The maximum absolute atomic E-state index is 4.34. The van der Waals surface area contributed by atoms with E-state index in [0.717, 1.165) is 13.1 Å². The first-order valence-corrected chi connectivity index (χ1v) is 26.0. The molecule has 0 aromatic heterocycles. The van der Waals surface area contributed by atoms with Crippen LogP contribution in [-0.2, 0) is 13.1 Å². The lowest BCUT2D eigenvalue weighted by atomic mass is 9.92. The number of hydrogen-bond donors (Lipinski definition) is 2. The van der Waals surface area contributed by atoms with Gasteiger partial charge in [-0.3, -0.25) is 20.4 Å². The number of rotatable bonds is 10. The van der Waals surface area contributed by atoms with Crippen LogP contribution in [0.5, 0.6) is 0 Å². The summed E-state index contributed by atoms with van der Waals surface area (Å²) in [6.45, 7) is 1.49. The van der Waals surface area contributed by atoms with Gasteiger partial charge in [-0.2, -0.15) is 0 Å². The predicted octanol–water partition coefficient (Wildman–Crippen LogP) is 16.1. The lowest BCUT2D eigenvalue weighted by Crippen LogP contribution is -2.32. The normalized spacial score (nSPS) is 20.6. The van der Waals surface area contributed by atoms with Gasteiger partial charge in [0.2, 0.25) is 0 Å². The Morgan fingerprint density at radius 3 is 0.958 bits per heavy atom. The fourth-order valence-electron chi connectivity index (χ4n) is 12.2. The number of fused-ring (bicyclic) bond motifs is 4. The molecule has 2 heterocycles. The van der Waals surface area contributed by atoms with E-state index in [1.54, 1.807) is 0 Å². The average molecular weight is 1030 g/mol. The van der Waals surface area contributed by atoms with Crippen LogP contribution in [0, 0.1) is 3.57 Å². The number of nitrogens with one attached hydrogen (secondary N) is 2. The van der Waals surface area contributed by atoms with E-state index < -0.39 is 0 Å². The van der Waals surface area contributed by atoms with Gasteiger partial charge in [0.25, 0.3) is 0 Å². The van der Waals surface area contributed by atoms with Crippen LogP contribution in [0.25, 0.3) is 43.1 Å². The van der Waals surface area contributed by atoms with Crippen molar-refractivity contribution in [3.8, 4) is 0 Å². The molecule has 2 aliphatic rings. The number of hydrogen-bond acceptors (Lipinski definition) is 4. The summed E-state index contributed by atoms with van der Waals surface area (Å²) in [7, 11) is 0. The van der Waals surface area contributed by atoms with E-state index in [-0.39, 0.29) is 36.5 Å². The van der Waals surface area contributed by atoms with Crippen LogP contribution in [-0.4, -0.2) is 9.80 Å². The van der Waals surface area contributed by atoms with Crippen molar-refractivity contribution in [3.63, 3.8) is 0 Å². The Balaban J connectivity index is 1.00. The highest BCUT2D eigenvalue weighted by molar-refractivity contribution is 14.1. The van der Waals surface area contributed by atoms with Crippen LogP contribution in [0.15, 0.2) is 249 Å². The Hall–Kier alpha value is -6.97. The molecule has 0 bridgehead atoms. The summed E-state index contributed by atoms with van der Waals surface area (Å²) in [4.78, 5) is 5.54. The predicted molar refractivity (Wildman–Crippen MR) is 302 cm³/mol. The van der Waals surface area contributed by atoms with Gasteiger partial charge in [0.05, 0.1) is 36.5 Å². The molecule has 0 radical (unpaired) electrons. The third-order valence-electron chi connectivity index (χ3n) is 15.4. The molecule has 11 aromatic rings. The molecule has 0 spiro atoms. The first-order valence-electron chi connectivity index (χ1n) is 25.0. The summed E-state index contributed by atoms with van der Waals surface area (Å²) in [5, 5.41) is 19.0. The van der Waals surface area contributed by atoms with E-state index in [4.69, 9.17) is 0 Å². The van der Waals surface area contributed by atoms with Gasteiger partial charge in [0.1, 0.15) is 0 Å². The summed E-state index contributed by atoms with van der Waals surface area (Å²) in [5.74, 6) is 0. The first-order chi connectivity index (χ1) is 35.2. The van der Waals surface area contributed by atoms with Gasteiger partial charge < -0.3 is 0 Å². The van der Waals surface area contributed by atoms with Gasteiger partial charge in [-0.25, -0.2) is 0 Å². The van der Waals surface area contributed by atoms with E-state index >= 15 is 0 Å². The third-order valence-corrected chi connectivity index (χ3v) is 16.6. The number of benzene rings is 11. The molecule has 344 valence electrons. The molecule has 5 heteroatoms. The monoisotopic (exact) mass is 1030 g/mol. The third kappa shape index (κ3) is 8.03. The second-order valence-electron chi connectivity index (χ2n) is 19.3. The van der Waals surface area contributed by atoms with Crippen LogP contribution in [0.3, 0.4) is 0 Å². The first kappa shape index (κ1) is 44.0. The molecule has 4 nitrogen and oxygen atoms in total. The minimum absolute atomic E-state index is 0.0231. The van der Waals surface area contributed by atoms with Crippen LogP contribution in [0.1, 0.15) is 81.0 Å². The molecular weight excluding hydrogens is 976 g/mol. The lowest BCUT2D eigenvalue weighted by molar-refractivity contribution is 0.171. The maximum atomic E-state index is 4.34. The topological polar surface area (TPSA) is 30.5 Å². The minimum atomic E-state index is -0.123. The molecule has 2 saturated heterocycles. The molecule has 0 aliphatic carbocycles. The smallest absolute Gasteiger partial charge is 0.0885 e. The Morgan fingerprint density at radius 1 is 0.324 bits per heavy atom. The van der Waals surface area contributed by atoms with Gasteiger partial charge in [-0.1, -0.05) is 237 Å². The molecule has 11 aromatic carbocycles. The van der Waals surface area contributed by atoms with E-state index in [9.17, 15) is 0 Å². The molecule has 0 saturated carbocycles. The van der Waals surface area contributed by atoms with Gasteiger partial charge in [0.15, 0.2) is 0 Å². The van der Waals surface area contributed by atoms with Gasteiger partial charge in [-0.05, 0) is 122 Å². The fourth-order valence-corrected chi connectivity index (χ4v) is 13.1. The highest BCUT2D eigenvalue weighted by Gasteiger charge is 2.47.